The number of thioether (sulfide) groups is 1. The summed E-state index contributed by atoms with van der Waals surface area (Å²) >= 11 is 1.25. The molecule has 1 aromatic heterocycles. The van der Waals surface area contributed by atoms with Gasteiger partial charge in [-0.1, -0.05) is 49.4 Å². The van der Waals surface area contributed by atoms with Crippen LogP contribution < -0.4 is 10.3 Å². The van der Waals surface area contributed by atoms with Crippen molar-refractivity contribution in [3.63, 3.8) is 0 Å². The van der Waals surface area contributed by atoms with E-state index in [4.69, 9.17) is 14.5 Å². The third-order valence-corrected chi connectivity index (χ3v) is 5.62. The van der Waals surface area contributed by atoms with Gasteiger partial charge in [-0.05, 0) is 37.6 Å². The number of carbonyl (C=O) groups is 1. The summed E-state index contributed by atoms with van der Waals surface area (Å²) in [7, 11) is 1.56. The quantitative estimate of drug-likeness (QED) is 0.313. The van der Waals surface area contributed by atoms with Gasteiger partial charge in [0, 0.05) is 0 Å². The highest BCUT2D eigenvalue weighted by Gasteiger charge is 2.25. The van der Waals surface area contributed by atoms with E-state index >= 15 is 0 Å². The number of benzene rings is 2. The first-order chi connectivity index (χ1) is 14.1. The molecule has 0 radical (unpaired) electrons. The van der Waals surface area contributed by atoms with Gasteiger partial charge in [0.25, 0.3) is 5.56 Å². The zero-order chi connectivity index (χ0) is 20.8. The van der Waals surface area contributed by atoms with Crippen molar-refractivity contribution in [2.24, 2.45) is 0 Å². The molecule has 0 bridgehead atoms. The zero-order valence-electron chi connectivity index (χ0n) is 16.8. The maximum absolute atomic E-state index is 13.4. The van der Waals surface area contributed by atoms with Crippen LogP contribution in [0.4, 0.5) is 0 Å². The second-order valence-electron chi connectivity index (χ2n) is 6.37. The van der Waals surface area contributed by atoms with Crippen LogP contribution in [0.15, 0.2) is 58.5 Å². The molecule has 6 nitrogen and oxygen atoms in total. The first kappa shape index (κ1) is 20.9. The Hall–Kier alpha value is -2.80. The lowest BCUT2D eigenvalue weighted by Crippen LogP contribution is -2.26. The molecule has 3 aromatic rings. The van der Waals surface area contributed by atoms with Gasteiger partial charge < -0.3 is 9.47 Å². The van der Waals surface area contributed by atoms with Gasteiger partial charge in [0.05, 0.1) is 30.3 Å². The van der Waals surface area contributed by atoms with E-state index in [1.54, 1.807) is 38.3 Å². The average Bonchev–Trinajstić information content (AvgIpc) is 2.74. The molecule has 152 valence electrons. The van der Waals surface area contributed by atoms with Crippen LogP contribution >= 0.6 is 11.8 Å². The van der Waals surface area contributed by atoms with Crippen LogP contribution in [0.1, 0.15) is 26.7 Å². The van der Waals surface area contributed by atoms with Gasteiger partial charge in [-0.2, -0.15) is 0 Å². The molecule has 0 N–H and O–H groups in total. The number of para-hydroxylation sites is 3. The SMILES string of the molecule is CCC[C@@H](Sc1nc2ccccc2c(=O)n1-c1ccccc1OC)C(=O)OCC. The number of hydrogen-bond donors (Lipinski definition) is 0. The van der Waals surface area contributed by atoms with Gasteiger partial charge in [-0.25, -0.2) is 4.98 Å². The zero-order valence-corrected chi connectivity index (χ0v) is 17.6. The highest BCUT2D eigenvalue weighted by Crippen LogP contribution is 2.31. The minimum absolute atomic E-state index is 0.207. The van der Waals surface area contributed by atoms with Crippen LogP contribution in [-0.2, 0) is 9.53 Å². The molecule has 0 saturated heterocycles. The maximum Gasteiger partial charge on any atom is 0.319 e. The fourth-order valence-corrected chi connectivity index (χ4v) is 4.28. The molecule has 2 aromatic carbocycles. The Morgan fingerprint density at radius 1 is 1.14 bits per heavy atom. The Morgan fingerprint density at radius 3 is 2.59 bits per heavy atom. The van der Waals surface area contributed by atoms with Gasteiger partial charge in [0.1, 0.15) is 11.0 Å². The van der Waals surface area contributed by atoms with Crippen molar-refractivity contribution in [1.29, 1.82) is 0 Å². The summed E-state index contributed by atoms with van der Waals surface area (Å²) in [4.78, 5) is 30.6. The lowest BCUT2D eigenvalue weighted by atomic mass is 10.2. The number of esters is 1. The molecule has 0 spiro atoms. The van der Waals surface area contributed by atoms with Crippen molar-refractivity contribution in [3.8, 4) is 11.4 Å². The first-order valence-electron chi connectivity index (χ1n) is 9.59. The van der Waals surface area contributed by atoms with Crippen LogP contribution in [-0.4, -0.2) is 34.5 Å². The summed E-state index contributed by atoms with van der Waals surface area (Å²) in [5.41, 5.74) is 0.965. The summed E-state index contributed by atoms with van der Waals surface area (Å²) in [5, 5.41) is 0.490. The van der Waals surface area contributed by atoms with Crippen LogP contribution in [0.3, 0.4) is 0 Å². The molecule has 7 heteroatoms. The number of nitrogens with zero attached hydrogens (tertiary/aromatic N) is 2. The Labute approximate surface area is 173 Å². The molecule has 0 aliphatic rings. The lowest BCUT2D eigenvalue weighted by Gasteiger charge is -2.19. The van der Waals surface area contributed by atoms with E-state index in [1.165, 1.54) is 16.3 Å². The van der Waals surface area contributed by atoms with Gasteiger partial charge in [-0.15, -0.1) is 0 Å². The molecule has 0 unspecified atom stereocenters. The van der Waals surface area contributed by atoms with Crippen LogP contribution in [0.2, 0.25) is 0 Å². The number of ether oxygens (including phenoxy) is 2. The van der Waals surface area contributed by atoms with Gasteiger partial charge in [-0.3, -0.25) is 14.2 Å². The van der Waals surface area contributed by atoms with Crippen LogP contribution in [0.5, 0.6) is 5.75 Å². The number of carbonyl (C=O) groups excluding carboxylic acids is 1. The molecular formula is C22H24N2O4S. The molecular weight excluding hydrogens is 388 g/mol. The summed E-state index contributed by atoms with van der Waals surface area (Å²) in [5.74, 6) is 0.255. The van der Waals surface area contributed by atoms with Crippen molar-refractivity contribution >= 4 is 28.6 Å². The highest BCUT2D eigenvalue weighted by atomic mass is 32.2. The normalized spacial score (nSPS) is 12.0. The standard InChI is InChI=1S/C22H24N2O4S/c1-4-10-19(21(26)28-5-2)29-22-23-16-12-7-6-11-15(16)20(25)24(22)17-13-8-9-14-18(17)27-3/h6-9,11-14,19H,4-5,10H2,1-3H3/t19-/m1/s1. The summed E-state index contributed by atoms with van der Waals surface area (Å²) in [6, 6.07) is 14.5. The van der Waals surface area contributed by atoms with Crippen LogP contribution in [0, 0.1) is 0 Å². The van der Waals surface area contributed by atoms with Crippen molar-refractivity contribution < 1.29 is 14.3 Å². The van der Waals surface area contributed by atoms with E-state index in [0.29, 0.717) is 40.5 Å². The van der Waals surface area contributed by atoms with Crippen molar-refractivity contribution in [3.05, 3.63) is 58.9 Å². The minimum atomic E-state index is -0.450. The van der Waals surface area contributed by atoms with Gasteiger partial charge >= 0.3 is 5.97 Å². The van der Waals surface area contributed by atoms with E-state index in [-0.39, 0.29) is 11.5 Å². The third kappa shape index (κ3) is 4.45. The van der Waals surface area contributed by atoms with E-state index < -0.39 is 5.25 Å². The Kier molecular flexibility index (Phi) is 6.93. The summed E-state index contributed by atoms with van der Waals surface area (Å²) in [6.45, 7) is 4.10. The van der Waals surface area contributed by atoms with Gasteiger partial charge in [0.2, 0.25) is 0 Å². The Bertz CT molecular complexity index is 1060. The fraction of sp³-hybridized carbons (Fsp3) is 0.318. The molecule has 0 saturated carbocycles. The van der Waals surface area contributed by atoms with Crippen molar-refractivity contribution in [2.45, 2.75) is 37.1 Å². The molecule has 0 aliphatic carbocycles. The van der Waals surface area contributed by atoms with E-state index in [9.17, 15) is 9.59 Å². The van der Waals surface area contributed by atoms with E-state index in [0.717, 1.165) is 6.42 Å². The number of fused-ring (bicyclic) bond motifs is 1. The predicted octanol–water partition coefficient (Wildman–Crippen LogP) is 4.22. The van der Waals surface area contributed by atoms with E-state index in [2.05, 4.69) is 0 Å². The second kappa shape index (κ2) is 9.60. The number of aromatic nitrogens is 2. The number of hydrogen-bond acceptors (Lipinski definition) is 6. The van der Waals surface area contributed by atoms with Crippen LogP contribution in [0.25, 0.3) is 16.6 Å². The number of methoxy groups -OCH3 is 1. The molecule has 3 rings (SSSR count). The molecule has 1 atom stereocenters. The average molecular weight is 413 g/mol. The summed E-state index contributed by atoms with van der Waals surface area (Å²) < 4.78 is 12.2. The topological polar surface area (TPSA) is 70.4 Å². The number of rotatable bonds is 8. The molecule has 29 heavy (non-hydrogen) atoms. The van der Waals surface area contributed by atoms with E-state index in [1.807, 2.05) is 31.2 Å². The fourth-order valence-electron chi connectivity index (χ4n) is 3.07. The molecule has 1 heterocycles. The largest absolute Gasteiger partial charge is 0.495 e. The molecule has 0 aliphatic heterocycles. The van der Waals surface area contributed by atoms with Crippen molar-refractivity contribution in [2.75, 3.05) is 13.7 Å². The maximum atomic E-state index is 13.4. The smallest absolute Gasteiger partial charge is 0.319 e. The highest BCUT2D eigenvalue weighted by molar-refractivity contribution is 8.00. The first-order valence-corrected chi connectivity index (χ1v) is 10.5. The van der Waals surface area contributed by atoms with Gasteiger partial charge in [0.15, 0.2) is 5.16 Å². The third-order valence-electron chi connectivity index (χ3n) is 4.42. The molecule has 0 fully saturated rings. The Morgan fingerprint density at radius 2 is 1.86 bits per heavy atom. The second-order valence-corrected chi connectivity index (χ2v) is 7.54. The molecule has 0 amide bonds. The summed E-state index contributed by atoms with van der Waals surface area (Å²) in [6.07, 6.45) is 1.43. The lowest BCUT2D eigenvalue weighted by molar-refractivity contribution is -0.142. The monoisotopic (exact) mass is 412 g/mol. The Balaban J connectivity index is 2.22. The van der Waals surface area contributed by atoms with Crippen molar-refractivity contribution in [1.82, 2.24) is 9.55 Å². The minimum Gasteiger partial charge on any atom is -0.495 e. The predicted molar refractivity (Wildman–Crippen MR) is 115 cm³/mol.